The van der Waals surface area contributed by atoms with Crippen LogP contribution in [0.4, 0.5) is 0 Å². The zero-order chi connectivity index (χ0) is 15.0. The molecule has 5 nitrogen and oxygen atoms in total. The standard InChI is InChI=1S/C15H21NO4/c1-11(2)20-14(17)8-9-16-15(18)13-6-4-12(5-7-13)10-19-3/h4-7,11H,8-10H2,1-3H3,(H,16,18). The monoisotopic (exact) mass is 279 g/mol. The molecule has 0 saturated heterocycles. The van der Waals surface area contributed by atoms with Crippen LogP contribution in [0.1, 0.15) is 36.2 Å². The van der Waals surface area contributed by atoms with E-state index in [1.54, 1.807) is 33.1 Å². The van der Waals surface area contributed by atoms with Gasteiger partial charge in [0.05, 0.1) is 19.1 Å². The first-order valence-electron chi connectivity index (χ1n) is 6.58. The molecule has 1 N–H and O–H groups in total. The van der Waals surface area contributed by atoms with Crippen LogP contribution in [0.25, 0.3) is 0 Å². The molecule has 0 heterocycles. The number of esters is 1. The van der Waals surface area contributed by atoms with Gasteiger partial charge in [-0.05, 0) is 31.5 Å². The van der Waals surface area contributed by atoms with Crippen molar-refractivity contribution in [2.75, 3.05) is 13.7 Å². The molecule has 0 aliphatic carbocycles. The van der Waals surface area contributed by atoms with Gasteiger partial charge in [0.2, 0.25) is 0 Å². The Labute approximate surface area is 119 Å². The first kappa shape index (κ1) is 16.2. The normalized spacial score (nSPS) is 10.4. The van der Waals surface area contributed by atoms with Gasteiger partial charge in [-0.15, -0.1) is 0 Å². The molecular weight excluding hydrogens is 258 g/mol. The quantitative estimate of drug-likeness (QED) is 0.774. The Morgan fingerprint density at radius 3 is 2.40 bits per heavy atom. The number of carbonyl (C=O) groups is 2. The fourth-order valence-corrected chi connectivity index (χ4v) is 1.62. The number of hydrogen-bond acceptors (Lipinski definition) is 4. The molecule has 1 rings (SSSR count). The molecular formula is C15H21NO4. The summed E-state index contributed by atoms with van der Waals surface area (Å²) in [5, 5.41) is 2.68. The summed E-state index contributed by atoms with van der Waals surface area (Å²) in [4.78, 5) is 23.1. The summed E-state index contributed by atoms with van der Waals surface area (Å²) < 4.78 is 9.98. The first-order valence-corrected chi connectivity index (χ1v) is 6.58. The molecule has 5 heteroatoms. The molecule has 0 atom stereocenters. The SMILES string of the molecule is COCc1ccc(C(=O)NCCC(=O)OC(C)C)cc1. The highest BCUT2D eigenvalue weighted by Crippen LogP contribution is 2.05. The van der Waals surface area contributed by atoms with Crippen LogP contribution < -0.4 is 5.32 Å². The van der Waals surface area contributed by atoms with Gasteiger partial charge in [0, 0.05) is 19.2 Å². The highest BCUT2D eigenvalue weighted by Gasteiger charge is 2.08. The third-order valence-electron chi connectivity index (χ3n) is 2.51. The molecule has 0 aliphatic heterocycles. The largest absolute Gasteiger partial charge is 0.463 e. The predicted molar refractivity (Wildman–Crippen MR) is 75.3 cm³/mol. The minimum atomic E-state index is -0.309. The van der Waals surface area contributed by atoms with Crippen LogP contribution >= 0.6 is 0 Å². The second kappa shape index (κ2) is 8.32. The number of hydrogen-bond donors (Lipinski definition) is 1. The van der Waals surface area contributed by atoms with Crippen LogP contribution in [0, 0.1) is 0 Å². The maximum Gasteiger partial charge on any atom is 0.307 e. The van der Waals surface area contributed by atoms with E-state index in [0.29, 0.717) is 12.2 Å². The lowest BCUT2D eigenvalue weighted by atomic mass is 10.1. The summed E-state index contributed by atoms with van der Waals surface area (Å²) in [6.45, 7) is 4.36. The number of ether oxygens (including phenoxy) is 2. The van der Waals surface area contributed by atoms with E-state index in [2.05, 4.69) is 5.32 Å². The number of carbonyl (C=O) groups excluding carboxylic acids is 2. The van der Waals surface area contributed by atoms with E-state index in [1.165, 1.54) is 0 Å². The molecule has 0 radical (unpaired) electrons. The summed E-state index contributed by atoms with van der Waals surface area (Å²) in [5.74, 6) is -0.512. The van der Waals surface area contributed by atoms with Gasteiger partial charge in [0.1, 0.15) is 0 Å². The summed E-state index contributed by atoms with van der Waals surface area (Å²) in [6, 6.07) is 7.14. The van der Waals surface area contributed by atoms with Crippen LogP contribution in [0.2, 0.25) is 0 Å². The second-order valence-corrected chi connectivity index (χ2v) is 4.67. The summed E-state index contributed by atoms with van der Waals surface area (Å²) >= 11 is 0. The molecule has 0 aromatic heterocycles. The van der Waals surface area contributed by atoms with Gasteiger partial charge in [-0.25, -0.2) is 0 Å². The van der Waals surface area contributed by atoms with Crippen molar-refractivity contribution < 1.29 is 19.1 Å². The van der Waals surface area contributed by atoms with E-state index >= 15 is 0 Å². The zero-order valence-electron chi connectivity index (χ0n) is 12.1. The third kappa shape index (κ3) is 5.84. The molecule has 0 fully saturated rings. The average Bonchev–Trinajstić information content (AvgIpc) is 2.39. The number of nitrogens with one attached hydrogen (secondary N) is 1. The summed E-state index contributed by atoms with van der Waals surface area (Å²) in [7, 11) is 1.62. The number of amides is 1. The van der Waals surface area contributed by atoms with Crippen molar-refractivity contribution in [3.05, 3.63) is 35.4 Å². The van der Waals surface area contributed by atoms with Crippen molar-refractivity contribution in [2.24, 2.45) is 0 Å². The second-order valence-electron chi connectivity index (χ2n) is 4.67. The van der Waals surface area contributed by atoms with Gasteiger partial charge >= 0.3 is 5.97 Å². The fourth-order valence-electron chi connectivity index (χ4n) is 1.62. The smallest absolute Gasteiger partial charge is 0.307 e. The first-order chi connectivity index (χ1) is 9.52. The molecule has 0 spiro atoms. The van der Waals surface area contributed by atoms with Gasteiger partial charge in [-0.1, -0.05) is 12.1 Å². The Morgan fingerprint density at radius 2 is 1.85 bits per heavy atom. The topological polar surface area (TPSA) is 64.6 Å². The lowest BCUT2D eigenvalue weighted by Gasteiger charge is -2.08. The predicted octanol–water partition coefficient (Wildman–Crippen LogP) is 1.90. The molecule has 0 unspecified atom stereocenters. The lowest BCUT2D eigenvalue weighted by Crippen LogP contribution is -2.27. The van der Waals surface area contributed by atoms with Gasteiger partial charge in [0.25, 0.3) is 5.91 Å². The lowest BCUT2D eigenvalue weighted by molar-refractivity contribution is -0.147. The molecule has 0 bridgehead atoms. The van der Waals surface area contributed by atoms with E-state index in [4.69, 9.17) is 9.47 Å². The van der Waals surface area contributed by atoms with Crippen molar-refractivity contribution in [3.63, 3.8) is 0 Å². The summed E-state index contributed by atoms with van der Waals surface area (Å²) in [6.07, 6.45) is 0.0395. The van der Waals surface area contributed by atoms with Crippen LogP contribution in [0.15, 0.2) is 24.3 Å². The maximum atomic E-state index is 11.8. The van der Waals surface area contributed by atoms with Gasteiger partial charge in [0.15, 0.2) is 0 Å². The van der Waals surface area contributed by atoms with Crippen LogP contribution in [-0.4, -0.2) is 31.6 Å². The Bertz CT molecular complexity index is 440. The van der Waals surface area contributed by atoms with Crippen molar-refractivity contribution in [2.45, 2.75) is 33.0 Å². The number of benzene rings is 1. The third-order valence-corrected chi connectivity index (χ3v) is 2.51. The molecule has 1 amide bonds. The van der Waals surface area contributed by atoms with Crippen LogP contribution in [0.5, 0.6) is 0 Å². The van der Waals surface area contributed by atoms with E-state index in [9.17, 15) is 9.59 Å². The van der Waals surface area contributed by atoms with E-state index < -0.39 is 0 Å². The van der Waals surface area contributed by atoms with E-state index in [-0.39, 0.29) is 30.9 Å². The zero-order valence-corrected chi connectivity index (χ0v) is 12.1. The van der Waals surface area contributed by atoms with Gasteiger partial charge < -0.3 is 14.8 Å². The van der Waals surface area contributed by atoms with Crippen molar-refractivity contribution in [3.8, 4) is 0 Å². The van der Waals surface area contributed by atoms with Crippen molar-refractivity contribution >= 4 is 11.9 Å². The number of methoxy groups -OCH3 is 1. The van der Waals surface area contributed by atoms with Crippen LogP contribution in [0.3, 0.4) is 0 Å². The molecule has 110 valence electrons. The highest BCUT2D eigenvalue weighted by molar-refractivity contribution is 5.94. The van der Waals surface area contributed by atoms with Gasteiger partial charge in [-0.3, -0.25) is 9.59 Å². The maximum absolute atomic E-state index is 11.8. The molecule has 1 aromatic carbocycles. The molecule has 0 saturated carbocycles. The number of rotatable bonds is 7. The van der Waals surface area contributed by atoms with E-state index in [1.807, 2.05) is 12.1 Å². The fraction of sp³-hybridized carbons (Fsp3) is 0.467. The Kier molecular flexibility index (Phi) is 6.73. The van der Waals surface area contributed by atoms with Gasteiger partial charge in [-0.2, -0.15) is 0 Å². The Balaban J connectivity index is 2.37. The van der Waals surface area contributed by atoms with E-state index in [0.717, 1.165) is 5.56 Å². The Hall–Kier alpha value is -1.88. The average molecular weight is 279 g/mol. The van der Waals surface area contributed by atoms with Crippen molar-refractivity contribution in [1.82, 2.24) is 5.32 Å². The molecule has 1 aromatic rings. The molecule has 20 heavy (non-hydrogen) atoms. The molecule has 0 aliphatic rings. The van der Waals surface area contributed by atoms with Crippen molar-refractivity contribution in [1.29, 1.82) is 0 Å². The highest BCUT2D eigenvalue weighted by atomic mass is 16.5. The van der Waals surface area contributed by atoms with Crippen LogP contribution in [-0.2, 0) is 20.9 Å². The summed E-state index contributed by atoms with van der Waals surface area (Å²) in [5.41, 5.74) is 1.56. The Morgan fingerprint density at radius 1 is 1.20 bits per heavy atom. The minimum absolute atomic E-state index is 0.133. The minimum Gasteiger partial charge on any atom is -0.463 e.